The maximum Gasteiger partial charge on any atom is 0.146 e. The third-order valence-electron chi connectivity index (χ3n) is 2.26. The Kier molecular flexibility index (Phi) is 4.79. The zero-order chi connectivity index (χ0) is 13.1. The van der Waals surface area contributed by atoms with Crippen LogP contribution in [-0.4, -0.2) is 0 Å². The topological polar surface area (TPSA) is 9.23 Å². The van der Waals surface area contributed by atoms with E-state index in [2.05, 4.69) is 15.9 Å². The highest BCUT2D eigenvalue weighted by Crippen LogP contribution is 2.35. The SMILES string of the molecule is ClCc1ccc(Oc2ccc(Cl)cc2Br)c(Cl)c1. The van der Waals surface area contributed by atoms with Gasteiger partial charge in [0.1, 0.15) is 11.5 Å². The average Bonchev–Trinajstić information content (AvgIpc) is 2.34. The van der Waals surface area contributed by atoms with Gasteiger partial charge in [-0.05, 0) is 51.8 Å². The molecule has 18 heavy (non-hydrogen) atoms. The van der Waals surface area contributed by atoms with E-state index in [1.807, 2.05) is 6.07 Å². The lowest BCUT2D eigenvalue weighted by atomic mass is 10.2. The molecule has 0 amide bonds. The smallest absolute Gasteiger partial charge is 0.146 e. The Labute approximate surface area is 129 Å². The first kappa shape index (κ1) is 14.0. The van der Waals surface area contributed by atoms with Crippen molar-refractivity contribution in [3.05, 3.63) is 56.5 Å². The number of rotatable bonds is 3. The van der Waals surface area contributed by atoms with Gasteiger partial charge in [-0.25, -0.2) is 0 Å². The number of halogens is 4. The Morgan fingerprint density at radius 2 is 1.72 bits per heavy atom. The van der Waals surface area contributed by atoms with E-state index in [9.17, 15) is 0 Å². The second kappa shape index (κ2) is 6.16. The predicted molar refractivity (Wildman–Crippen MR) is 80.2 cm³/mol. The molecule has 2 rings (SSSR count). The Balaban J connectivity index is 2.28. The van der Waals surface area contributed by atoms with Crippen molar-refractivity contribution in [3.8, 4) is 11.5 Å². The molecule has 2 aromatic rings. The van der Waals surface area contributed by atoms with Crippen LogP contribution in [0, 0.1) is 0 Å². The molecular formula is C13H8BrCl3O. The van der Waals surface area contributed by atoms with Crippen LogP contribution in [0.2, 0.25) is 10.0 Å². The summed E-state index contributed by atoms with van der Waals surface area (Å²) < 4.78 is 6.48. The Morgan fingerprint density at radius 3 is 2.33 bits per heavy atom. The van der Waals surface area contributed by atoms with Gasteiger partial charge in [0.05, 0.1) is 9.50 Å². The van der Waals surface area contributed by atoms with Crippen LogP contribution in [0.25, 0.3) is 0 Å². The first-order valence-electron chi connectivity index (χ1n) is 5.07. The monoisotopic (exact) mass is 364 g/mol. The summed E-state index contributed by atoms with van der Waals surface area (Å²) in [6.45, 7) is 0. The van der Waals surface area contributed by atoms with Gasteiger partial charge in [0, 0.05) is 10.9 Å². The minimum absolute atomic E-state index is 0.421. The highest BCUT2D eigenvalue weighted by molar-refractivity contribution is 9.10. The first-order chi connectivity index (χ1) is 8.60. The molecule has 0 saturated carbocycles. The highest BCUT2D eigenvalue weighted by Gasteiger charge is 2.07. The van der Waals surface area contributed by atoms with E-state index in [0.29, 0.717) is 27.4 Å². The van der Waals surface area contributed by atoms with Crippen molar-refractivity contribution in [1.82, 2.24) is 0 Å². The van der Waals surface area contributed by atoms with Crippen LogP contribution in [0.1, 0.15) is 5.56 Å². The summed E-state index contributed by atoms with van der Waals surface area (Å²) in [5.74, 6) is 1.65. The molecule has 0 bridgehead atoms. The van der Waals surface area contributed by atoms with Gasteiger partial charge in [-0.2, -0.15) is 0 Å². The largest absolute Gasteiger partial charge is 0.455 e. The van der Waals surface area contributed by atoms with E-state index in [1.165, 1.54) is 0 Å². The van der Waals surface area contributed by atoms with E-state index in [-0.39, 0.29) is 0 Å². The Morgan fingerprint density at radius 1 is 1.00 bits per heavy atom. The predicted octanol–water partition coefficient (Wildman–Crippen LogP) is 6.29. The average molecular weight is 366 g/mol. The maximum atomic E-state index is 6.12. The van der Waals surface area contributed by atoms with Crippen molar-refractivity contribution >= 4 is 50.7 Å². The number of benzene rings is 2. The highest BCUT2D eigenvalue weighted by atomic mass is 79.9. The second-order valence-corrected chi connectivity index (χ2v) is 5.54. The summed E-state index contributed by atoms with van der Waals surface area (Å²) in [7, 11) is 0. The van der Waals surface area contributed by atoms with E-state index < -0.39 is 0 Å². The minimum atomic E-state index is 0.421. The molecule has 0 aliphatic rings. The van der Waals surface area contributed by atoms with Gasteiger partial charge in [0.15, 0.2) is 0 Å². The van der Waals surface area contributed by atoms with Crippen LogP contribution >= 0.6 is 50.7 Å². The molecule has 0 saturated heterocycles. The van der Waals surface area contributed by atoms with Gasteiger partial charge in [-0.1, -0.05) is 29.3 Å². The minimum Gasteiger partial charge on any atom is -0.455 e. The molecule has 0 spiro atoms. The molecule has 0 N–H and O–H groups in total. The quantitative estimate of drug-likeness (QED) is 0.580. The van der Waals surface area contributed by atoms with Crippen molar-refractivity contribution in [2.24, 2.45) is 0 Å². The standard InChI is InChI=1S/C13H8BrCl3O/c14-10-6-9(16)2-4-12(10)18-13-3-1-8(7-15)5-11(13)17/h1-6H,7H2. The number of ether oxygens (including phenoxy) is 1. The molecule has 0 fully saturated rings. The summed E-state index contributed by atoms with van der Waals surface area (Å²) in [6, 6.07) is 10.7. The van der Waals surface area contributed by atoms with Gasteiger partial charge >= 0.3 is 0 Å². The maximum absolute atomic E-state index is 6.12. The zero-order valence-electron chi connectivity index (χ0n) is 9.09. The van der Waals surface area contributed by atoms with Crippen molar-refractivity contribution in [1.29, 1.82) is 0 Å². The third kappa shape index (κ3) is 3.33. The number of alkyl halides is 1. The van der Waals surface area contributed by atoms with Crippen molar-refractivity contribution < 1.29 is 4.74 Å². The van der Waals surface area contributed by atoms with Crippen LogP contribution in [-0.2, 0) is 5.88 Å². The van der Waals surface area contributed by atoms with Gasteiger partial charge in [-0.15, -0.1) is 11.6 Å². The molecule has 0 unspecified atom stereocenters. The fourth-order valence-corrected chi connectivity index (χ4v) is 2.56. The molecule has 2 aromatic carbocycles. The van der Waals surface area contributed by atoms with Crippen molar-refractivity contribution in [2.75, 3.05) is 0 Å². The lowest BCUT2D eigenvalue weighted by Gasteiger charge is -2.10. The molecule has 94 valence electrons. The Hall–Kier alpha value is -0.410. The molecule has 0 heterocycles. The molecule has 0 aromatic heterocycles. The fourth-order valence-electron chi connectivity index (χ4n) is 1.39. The molecule has 0 aliphatic heterocycles. The van der Waals surface area contributed by atoms with Gasteiger partial charge < -0.3 is 4.74 Å². The molecule has 5 heteroatoms. The number of hydrogen-bond acceptors (Lipinski definition) is 1. The molecule has 0 radical (unpaired) electrons. The van der Waals surface area contributed by atoms with Crippen LogP contribution in [0.15, 0.2) is 40.9 Å². The lowest BCUT2D eigenvalue weighted by molar-refractivity contribution is 0.480. The van der Waals surface area contributed by atoms with Crippen molar-refractivity contribution in [2.45, 2.75) is 5.88 Å². The summed E-state index contributed by atoms with van der Waals surface area (Å²) in [5, 5.41) is 1.16. The normalized spacial score (nSPS) is 10.4. The van der Waals surface area contributed by atoms with Gasteiger partial charge in [0.25, 0.3) is 0 Å². The number of hydrogen-bond donors (Lipinski definition) is 0. The Bertz CT molecular complexity index is 572. The van der Waals surface area contributed by atoms with Crippen LogP contribution in [0.4, 0.5) is 0 Å². The summed E-state index contributed by atoms with van der Waals surface area (Å²) in [4.78, 5) is 0. The zero-order valence-corrected chi connectivity index (χ0v) is 12.9. The van der Waals surface area contributed by atoms with Crippen LogP contribution in [0.3, 0.4) is 0 Å². The summed E-state index contributed by atoms with van der Waals surface area (Å²) in [6.07, 6.45) is 0. The fraction of sp³-hybridized carbons (Fsp3) is 0.0769. The second-order valence-electron chi connectivity index (χ2n) is 3.58. The summed E-state index contributed by atoms with van der Waals surface area (Å²) in [5.41, 5.74) is 0.948. The van der Waals surface area contributed by atoms with Gasteiger partial charge in [0.2, 0.25) is 0 Å². The van der Waals surface area contributed by atoms with E-state index in [1.54, 1.807) is 30.3 Å². The summed E-state index contributed by atoms with van der Waals surface area (Å²) >= 11 is 21.1. The van der Waals surface area contributed by atoms with Crippen LogP contribution in [0.5, 0.6) is 11.5 Å². The lowest BCUT2D eigenvalue weighted by Crippen LogP contribution is -1.88. The van der Waals surface area contributed by atoms with E-state index in [0.717, 1.165) is 10.0 Å². The van der Waals surface area contributed by atoms with Crippen LogP contribution < -0.4 is 4.74 Å². The van der Waals surface area contributed by atoms with Gasteiger partial charge in [-0.3, -0.25) is 0 Å². The molecule has 0 aliphatic carbocycles. The molecule has 1 nitrogen and oxygen atoms in total. The first-order valence-corrected chi connectivity index (χ1v) is 7.16. The molecular weight excluding hydrogens is 358 g/mol. The molecule has 0 atom stereocenters. The van der Waals surface area contributed by atoms with E-state index in [4.69, 9.17) is 39.5 Å². The van der Waals surface area contributed by atoms with Crippen molar-refractivity contribution in [3.63, 3.8) is 0 Å². The third-order valence-corrected chi connectivity index (χ3v) is 3.72. The van der Waals surface area contributed by atoms with E-state index >= 15 is 0 Å².